The van der Waals surface area contributed by atoms with Gasteiger partial charge in [0.15, 0.2) is 0 Å². The smallest absolute Gasteiger partial charge is 0.282 e. The molecule has 7 nitrogen and oxygen atoms in total. The monoisotopic (exact) mass is 343 g/mol. The Kier molecular flexibility index (Phi) is 4.18. The molecular formula is C17H14FN3O4. The summed E-state index contributed by atoms with van der Waals surface area (Å²) in [6.45, 7) is 1.70. The van der Waals surface area contributed by atoms with E-state index in [4.69, 9.17) is 0 Å². The van der Waals surface area contributed by atoms with Crippen LogP contribution in [0, 0.1) is 15.9 Å². The summed E-state index contributed by atoms with van der Waals surface area (Å²) in [5.74, 6) is -1.57. The third-order valence-electron chi connectivity index (χ3n) is 4.00. The SMILES string of the molecule is CC(NC(=O)c1cc(F)ccc1[N+](=O)[O-])c1ccc2c(c1)CC(=O)N2. The highest BCUT2D eigenvalue weighted by atomic mass is 19.1. The Morgan fingerprint density at radius 2 is 2.08 bits per heavy atom. The van der Waals surface area contributed by atoms with Crippen molar-refractivity contribution < 1.29 is 18.9 Å². The Bertz CT molecular complexity index is 897. The topological polar surface area (TPSA) is 101 Å². The predicted octanol–water partition coefficient (Wildman–Crippen LogP) is 2.72. The fourth-order valence-electron chi connectivity index (χ4n) is 2.73. The maximum atomic E-state index is 13.4. The minimum atomic E-state index is -0.742. The number of carbonyl (C=O) groups is 2. The maximum Gasteiger partial charge on any atom is 0.282 e. The molecule has 1 aliphatic rings. The van der Waals surface area contributed by atoms with Gasteiger partial charge in [0.25, 0.3) is 11.6 Å². The highest BCUT2D eigenvalue weighted by molar-refractivity contribution is 5.99. The second kappa shape index (κ2) is 6.31. The molecule has 0 fully saturated rings. The lowest BCUT2D eigenvalue weighted by Gasteiger charge is -2.15. The largest absolute Gasteiger partial charge is 0.345 e. The number of hydrogen-bond acceptors (Lipinski definition) is 4. The number of nitro groups is 1. The van der Waals surface area contributed by atoms with Gasteiger partial charge in [0, 0.05) is 11.8 Å². The second-order valence-electron chi connectivity index (χ2n) is 5.76. The Labute approximate surface area is 142 Å². The summed E-state index contributed by atoms with van der Waals surface area (Å²) < 4.78 is 13.4. The maximum absolute atomic E-state index is 13.4. The molecule has 128 valence electrons. The van der Waals surface area contributed by atoms with E-state index < -0.39 is 28.4 Å². The predicted molar refractivity (Wildman–Crippen MR) is 87.7 cm³/mol. The van der Waals surface area contributed by atoms with Gasteiger partial charge in [-0.05, 0) is 36.2 Å². The first-order valence-corrected chi connectivity index (χ1v) is 7.52. The molecule has 1 heterocycles. The number of rotatable bonds is 4. The van der Waals surface area contributed by atoms with E-state index in [2.05, 4.69) is 10.6 Å². The van der Waals surface area contributed by atoms with Crippen molar-refractivity contribution in [2.24, 2.45) is 0 Å². The van der Waals surface area contributed by atoms with Gasteiger partial charge >= 0.3 is 0 Å². The number of benzene rings is 2. The van der Waals surface area contributed by atoms with E-state index in [1.807, 2.05) is 0 Å². The third-order valence-corrected chi connectivity index (χ3v) is 4.00. The van der Waals surface area contributed by atoms with Crippen molar-refractivity contribution in [2.45, 2.75) is 19.4 Å². The molecule has 0 saturated heterocycles. The average molecular weight is 343 g/mol. The number of halogens is 1. The van der Waals surface area contributed by atoms with Gasteiger partial charge in [-0.15, -0.1) is 0 Å². The molecule has 2 amide bonds. The van der Waals surface area contributed by atoms with E-state index in [9.17, 15) is 24.1 Å². The number of carbonyl (C=O) groups excluding carboxylic acids is 2. The molecule has 8 heteroatoms. The first kappa shape index (κ1) is 16.6. The molecule has 2 N–H and O–H groups in total. The van der Waals surface area contributed by atoms with E-state index in [1.54, 1.807) is 25.1 Å². The van der Waals surface area contributed by atoms with Crippen LogP contribution >= 0.6 is 0 Å². The molecule has 1 aliphatic heterocycles. The molecule has 1 unspecified atom stereocenters. The number of hydrogen-bond donors (Lipinski definition) is 2. The van der Waals surface area contributed by atoms with E-state index in [1.165, 1.54) is 0 Å². The number of fused-ring (bicyclic) bond motifs is 1. The van der Waals surface area contributed by atoms with Gasteiger partial charge in [0.1, 0.15) is 11.4 Å². The Morgan fingerprint density at radius 3 is 2.80 bits per heavy atom. The van der Waals surface area contributed by atoms with Crippen LogP contribution in [0.2, 0.25) is 0 Å². The zero-order valence-electron chi connectivity index (χ0n) is 13.2. The van der Waals surface area contributed by atoms with Crippen LogP contribution in [0.5, 0.6) is 0 Å². The van der Waals surface area contributed by atoms with Crippen molar-refractivity contribution in [1.82, 2.24) is 5.32 Å². The summed E-state index contributed by atoms with van der Waals surface area (Å²) in [4.78, 5) is 34.0. The van der Waals surface area contributed by atoms with Crippen LogP contribution in [-0.4, -0.2) is 16.7 Å². The molecule has 0 bridgehead atoms. The van der Waals surface area contributed by atoms with Gasteiger partial charge < -0.3 is 10.6 Å². The normalized spacial score (nSPS) is 13.8. The molecule has 2 aromatic rings. The van der Waals surface area contributed by atoms with Crippen molar-refractivity contribution in [3.8, 4) is 0 Å². The van der Waals surface area contributed by atoms with Gasteiger partial charge in [-0.2, -0.15) is 0 Å². The molecule has 25 heavy (non-hydrogen) atoms. The van der Waals surface area contributed by atoms with Gasteiger partial charge in [0.2, 0.25) is 5.91 Å². The van der Waals surface area contributed by atoms with Crippen molar-refractivity contribution >= 4 is 23.2 Å². The molecule has 0 aliphatic carbocycles. The van der Waals surface area contributed by atoms with E-state index in [0.29, 0.717) is 0 Å². The van der Waals surface area contributed by atoms with Crippen LogP contribution in [0.1, 0.15) is 34.5 Å². The minimum absolute atomic E-state index is 0.0979. The summed E-state index contributed by atoms with van der Waals surface area (Å²) >= 11 is 0. The lowest BCUT2D eigenvalue weighted by Crippen LogP contribution is -2.27. The summed E-state index contributed by atoms with van der Waals surface area (Å²) in [6.07, 6.45) is 0.263. The van der Waals surface area contributed by atoms with E-state index in [-0.39, 0.29) is 17.9 Å². The minimum Gasteiger partial charge on any atom is -0.345 e. The molecular weight excluding hydrogens is 329 g/mol. The Morgan fingerprint density at radius 1 is 1.32 bits per heavy atom. The van der Waals surface area contributed by atoms with Gasteiger partial charge in [-0.1, -0.05) is 12.1 Å². The van der Waals surface area contributed by atoms with Crippen LogP contribution in [0.3, 0.4) is 0 Å². The van der Waals surface area contributed by atoms with Crippen molar-refractivity contribution in [3.63, 3.8) is 0 Å². The van der Waals surface area contributed by atoms with Crippen LogP contribution < -0.4 is 10.6 Å². The van der Waals surface area contributed by atoms with Crippen LogP contribution in [0.4, 0.5) is 15.8 Å². The van der Waals surface area contributed by atoms with E-state index in [0.717, 1.165) is 35.0 Å². The molecule has 0 spiro atoms. The number of nitro benzene ring substituents is 1. The fourth-order valence-corrected chi connectivity index (χ4v) is 2.73. The van der Waals surface area contributed by atoms with Crippen molar-refractivity contribution in [1.29, 1.82) is 0 Å². The zero-order chi connectivity index (χ0) is 18.1. The lowest BCUT2D eigenvalue weighted by molar-refractivity contribution is -0.385. The molecule has 3 rings (SSSR count). The summed E-state index contributed by atoms with van der Waals surface area (Å²) in [5, 5.41) is 16.4. The highest BCUT2D eigenvalue weighted by Gasteiger charge is 2.23. The first-order valence-electron chi connectivity index (χ1n) is 7.52. The van der Waals surface area contributed by atoms with E-state index >= 15 is 0 Å². The molecule has 0 aromatic heterocycles. The number of nitrogens with one attached hydrogen (secondary N) is 2. The summed E-state index contributed by atoms with van der Waals surface area (Å²) in [5.41, 5.74) is 1.49. The Balaban J connectivity index is 1.82. The summed E-state index contributed by atoms with van der Waals surface area (Å²) in [7, 11) is 0. The number of anilines is 1. The van der Waals surface area contributed by atoms with Gasteiger partial charge in [-0.3, -0.25) is 19.7 Å². The summed E-state index contributed by atoms with van der Waals surface area (Å²) in [6, 6.07) is 7.53. The van der Waals surface area contributed by atoms with Crippen LogP contribution in [0.25, 0.3) is 0 Å². The molecule has 2 aromatic carbocycles. The van der Waals surface area contributed by atoms with Gasteiger partial charge in [-0.25, -0.2) is 4.39 Å². The highest BCUT2D eigenvalue weighted by Crippen LogP contribution is 2.27. The van der Waals surface area contributed by atoms with Crippen molar-refractivity contribution in [3.05, 3.63) is 69.0 Å². The number of nitrogens with zero attached hydrogens (tertiary/aromatic N) is 1. The van der Waals surface area contributed by atoms with Crippen LogP contribution in [0.15, 0.2) is 36.4 Å². The average Bonchev–Trinajstić information content (AvgIpc) is 2.93. The molecule has 0 saturated carbocycles. The van der Waals surface area contributed by atoms with Gasteiger partial charge in [0.05, 0.1) is 17.4 Å². The standard InChI is InChI=1S/C17H14FN3O4/c1-9(10-2-4-14-11(6-10)7-16(22)20-14)19-17(23)13-8-12(18)3-5-15(13)21(24)25/h2-6,8-9H,7H2,1H3,(H,19,23)(H,20,22). The fraction of sp³-hybridized carbons (Fsp3) is 0.176. The second-order valence-corrected chi connectivity index (χ2v) is 5.76. The first-order chi connectivity index (χ1) is 11.8. The number of amides is 2. The third kappa shape index (κ3) is 3.32. The molecule has 0 radical (unpaired) electrons. The lowest BCUT2D eigenvalue weighted by atomic mass is 10.0. The van der Waals surface area contributed by atoms with Crippen LogP contribution in [-0.2, 0) is 11.2 Å². The quantitative estimate of drug-likeness (QED) is 0.658. The van der Waals surface area contributed by atoms with Crippen molar-refractivity contribution in [2.75, 3.05) is 5.32 Å². The zero-order valence-corrected chi connectivity index (χ0v) is 13.2. The Hall–Kier alpha value is -3.29. The molecule has 1 atom stereocenters.